The van der Waals surface area contributed by atoms with Crippen LogP contribution in [0, 0.1) is 0 Å². The van der Waals surface area contributed by atoms with Crippen molar-refractivity contribution in [2.24, 2.45) is 0 Å². The van der Waals surface area contributed by atoms with Gasteiger partial charge in [0.1, 0.15) is 5.75 Å². The van der Waals surface area contributed by atoms with Crippen LogP contribution in [0.4, 0.5) is 0 Å². The van der Waals surface area contributed by atoms with Gasteiger partial charge in [-0.2, -0.15) is 0 Å². The molecule has 0 spiro atoms. The van der Waals surface area contributed by atoms with Gasteiger partial charge in [0.25, 0.3) is 0 Å². The lowest BCUT2D eigenvalue weighted by atomic mass is 10.1. The Bertz CT molecular complexity index is 807. The van der Waals surface area contributed by atoms with Crippen molar-refractivity contribution in [2.75, 3.05) is 6.61 Å². The number of hydrogen-bond acceptors (Lipinski definition) is 3. The Labute approximate surface area is 161 Å². The van der Waals surface area contributed by atoms with Gasteiger partial charge in [-0.15, -0.1) is 11.8 Å². The maximum atomic E-state index is 6.16. The third-order valence-corrected chi connectivity index (χ3v) is 5.64. The third-order valence-electron chi connectivity index (χ3n) is 3.67. The lowest BCUT2D eigenvalue weighted by molar-refractivity contribution is 0.340. The van der Waals surface area contributed by atoms with Crippen LogP contribution in [0.1, 0.15) is 17.7 Å². The summed E-state index contributed by atoms with van der Waals surface area (Å²) in [5, 5.41) is 1.35. The van der Waals surface area contributed by atoms with E-state index < -0.39 is 0 Å². The van der Waals surface area contributed by atoms with Crippen LogP contribution >= 0.6 is 35.0 Å². The largest absolute Gasteiger partial charge is 0.494 e. The molecule has 0 N–H and O–H groups in total. The van der Waals surface area contributed by atoms with E-state index in [-0.39, 0.29) is 5.25 Å². The number of thioether (sulfide) groups is 1. The monoisotopic (exact) mass is 392 g/mol. The Morgan fingerprint density at radius 3 is 2.56 bits per heavy atom. The van der Waals surface area contributed by atoms with Gasteiger partial charge in [-0.1, -0.05) is 35.3 Å². The highest BCUT2D eigenvalue weighted by atomic mass is 35.5. The van der Waals surface area contributed by atoms with Crippen molar-refractivity contribution >= 4 is 35.0 Å². The van der Waals surface area contributed by atoms with Gasteiger partial charge in [-0.3, -0.25) is 0 Å². The van der Waals surface area contributed by atoms with E-state index in [1.54, 1.807) is 18.0 Å². The van der Waals surface area contributed by atoms with Crippen molar-refractivity contribution in [2.45, 2.75) is 23.6 Å². The summed E-state index contributed by atoms with van der Waals surface area (Å²) >= 11 is 13.9. The van der Waals surface area contributed by atoms with Crippen LogP contribution in [-0.4, -0.2) is 16.2 Å². The van der Waals surface area contributed by atoms with Crippen molar-refractivity contribution in [1.29, 1.82) is 0 Å². The number of hydrogen-bond donors (Lipinski definition) is 0. The van der Waals surface area contributed by atoms with Gasteiger partial charge in [0.15, 0.2) is 0 Å². The molecule has 0 aliphatic carbocycles. The molecule has 0 saturated heterocycles. The SMILES string of the molecule is CCOc1ccc(C(Cn2ccnc2)Sc2ccc(Cl)c(Cl)c2)cc1. The number of imidazole rings is 1. The van der Waals surface area contributed by atoms with E-state index in [1.807, 2.05) is 49.8 Å². The first-order chi connectivity index (χ1) is 12.2. The zero-order chi connectivity index (χ0) is 17.6. The average Bonchev–Trinajstić information content (AvgIpc) is 3.12. The number of rotatable bonds is 7. The molecule has 1 unspecified atom stereocenters. The second-order valence-electron chi connectivity index (χ2n) is 5.44. The fourth-order valence-electron chi connectivity index (χ4n) is 2.46. The van der Waals surface area contributed by atoms with Gasteiger partial charge in [0.2, 0.25) is 0 Å². The maximum Gasteiger partial charge on any atom is 0.119 e. The summed E-state index contributed by atoms with van der Waals surface area (Å²) in [7, 11) is 0. The molecule has 0 aliphatic rings. The van der Waals surface area contributed by atoms with Crippen LogP contribution in [0.15, 0.2) is 66.1 Å². The smallest absolute Gasteiger partial charge is 0.119 e. The van der Waals surface area contributed by atoms with Crippen LogP contribution in [0.2, 0.25) is 10.0 Å². The summed E-state index contributed by atoms with van der Waals surface area (Å²) in [5.41, 5.74) is 1.22. The molecule has 0 radical (unpaired) electrons. The Morgan fingerprint density at radius 2 is 1.92 bits per heavy atom. The minimum absolute atomic E-state index is 0.210. The van der Waals surface area contributed by atoms with Gasteiger partial charge in [0, 0.05) is 23.8 Å². The minimum atomic E-state index is 0.210. The molecule has 2 aromatic carbocycles. The van der Waals surface area contributed by atoms with Crippen LogP contribution in [0.5, 0.6) is 5.75 Å². The molecule has 0 amide bonds. The number of ether oxygens (including phenoxy) is 1. The first-order valence-corrected chi connectivity index (χ1v) is 9.59. The summed E-state index contributed by atoms with van der Waals surface area (Å²) in [6.07, 6.45) is 5.59. The first-order valence-electron chi connectivity index (χ1n) is 7.96. The second-order valence-corrected chi connectivity index (χ2v) is 7.53. The fourth-order valence-corrected chi connectivity index (χ4v) is 4.02. The standard InChI is InChI=1S/C19H18Cl2N2OS/c1-2-24-15-5-3-14(4-6-15)19(12-23-10-9-22-13-23)25-16-7-8-17(20)18(21)11-16/h3-11,13,19H,2,12H2,1H3. The van der Waals surface area contributed by atoms with Crippen molar-refractivity contribution < 1.29 is 4.74 Å². The molecular formula is C19H18Cl2N2OS. The zero-order valence-electron chi connectivity index (χ0n) is 13.7. The van der Waals surface area contributed by atoms with Crippen LogP contribution in [0.3, 0.4) is 0 Å². The summed E-state index contributed by atoms with van der Waals surface area (Å²) in [6.45, 7) is 3.45. The van der Waals surface area contributed by atoms with Crippen molar-refractivity contribution in [3.63, 3.8) is 0 Å². The van der Waals surface area contributed by atoms with Gasteiger partial charge in [0.05, 0.1) is 28.2 Å². The molecule has 0 fully saturated rings. The van der Waals surface area contributed by atoms with E-state index in [0.29, 0.717) is 16.7 Å². The molecule has 3 aromatic rings. The minimum Gasteiger partial charge on any atom is -0.494 e. The number of halogens is 2. The Kier molecular flexibility index (Phi) is 6.29. The van der Waals surface area contributed by atoms with Crippen LogP contribution in [-0.2, 0) is 6.54 Å². The van der Waals surface area contributed by atoms with Gasteiger partial charge in [-0.25, -0.2) is 4.98 Å². The highest BCUT2D eigenvalue weighted by molar-refractivity contribution is 7.99. The predicted molar refractivity (Wildman–Crippen MR) is 105 cm³/mol. The van der Waals surface area contributed by atoms with Crippen LogP contribution < -0.4 is 4.74 Å². The summed E-state index contributed by atoms with van der Waals surface area (Å²) < 4.78 is 7.61. The topological polar surface area (TPSA) is 27.1 Å². The average molecular weight is 393 g/mol. The van der Waals surface area contributed by atoms with E-state index in [2.05, 4.69) is 21.7 Å². The lowest BCUT2D eigenvalue weighted by Gasteiger charge is -2.18. The molecule has 6 heteroatoms. The molecule has 130 valence electrons. The Hall–Kier alpha value is -1.62. The third kappa shape index (κ3) is 4.94. The molecule has 1 heterocycles. The lowest BCUT2D eigenvalue weighted by Crippen LogP contribution is -2.05. The van der Waals surface area contributed by atoms with E-state index in [9.17, 15) is 0 Å². The highest BCUT2D eigenvalue weighted by Crippen LogP contribution is 2.39. The first kappa shape index (κ1) is 18.2. The van der Waals surface area contributed by atoms with Gasteiger partial charge < -0.3 is 9.30 Å². The van der Waals surface area contributed by atoms with Crippen LogP contribution in [0.25, 0.3) is 0 Å². The van der Waals surface area contributed by atoms with Gasteiger partial charge >= 0.3 is 0 Å². The number of aromatic nitrogens is 2. The van der Waals surface area contributed by atoms with Crippen molar-refractivity contribution in [3.8, 4) is 5.75 Å². The molecule has 1 aromatic heterocycles. The highest BCUT2D eigenvalue weighted by Gasteiger charge is 2.15. The normalized spacial score (nSPS) is 12.1. The molecule has 3 nitrogen and oxygen atoms in total. The summed E-state index contributed by atoms with van der Waals surface area (Å²) in [6, 6.07) is 14.0. The molecule has 1 atom stereocenters. The predicted octanol–water partition coefficient (Wildman–Crippen LogP) is 6.12. The van der Waals surface area contributed by atoms with E-state index >= 15 is 0 Å². The molecule has 0 bridgehead atoms. The van der Waals surface area contributed by atoms with E-state index in [0.717, 1.165) is 17.2 Å². The van der Waals surface area contributed by atoms with Crippen molar-refractivity contribution in [3.05, 3.63) is 76.8 Å². The Morgan fingerprint density at radius 1 is 1.12 bits per heavy atom. The molecule has 0 aliphatic heterocycles. The molecule has 25 heavy (non-hydrogen) atoms. The quantitative estimate of drug-likeness (QED) is 0.453. The maximum absolute atomic E-state index is 6.16. The zero-order valence-corrected chi connectivity index (χ0v) is 16.1. The number of nitrogens with zero attached hydrogens (tertiary/aromatic N) is 2. The fraction of sp³-hybridized carbons (Fsp3) is 0.211. The van der Waals surface area contributed by atoms with E-state index in [1.165, 1.54) is 5.56 Å². The Balaban J connectivity index is 1.84. The second kappa shape index (κ2) is 8.65. The van der Waals surface area contributed by atoms with E-state index in [4.69, 9.17) is 27.9 Å². The molecule has 0 saturated carbocycles. The molecule has 3 rings (SSSR count). The molecular weight excluding hydrogens is 375 g/mol. The summed E-state index contributed by atoms with van der Waals surface area (Å²) in [4.78, 5) is 5.21. The summed E-state index contributed by atoms with van der Waals surface area (Å²) in [5.74, 6) is 0.882. The number of benzene rings is 2. The van der Waals surface area contributed by atoms with Crippen molar-refractivity contribution in [1.82, 2.24) is 9.55 Å². The van der Waals surface area contributed by atoms with Gasteiger partial charge in [-0.05, 0) is 42.8 Å².